The van der Waals surface area contributed by atoms with Gasteiger partial charge in [-0.05, 0) is 44.1 Å². The summed E-state index contributed by atoms with van der Waals surface area (Å²) in [5, 5.41) is 1.75. The second-order valence-electron chi connectivity index (χ2n) is 5.78. The number of carbonyl (C=O) groups excluding carboxylic acids is 2. The van der Waals surface area contributed by atoms with Gasteiger partial charge in [0.15, 0.2) is 0 Å². The van der Waals surface area contributed by atoms with E-state index in [9.17, 15) is 9.59 Å². The van der Waals surface area contributed by atoms with Gasteiger partial charge in [-0.1, -0.05) is 18.2 Å². The number of carbonyl (C=O) groups is 2. The molecule has 0 radical (unpaired) electrons. The Bertz CT molecular complexity index is 750. The van der Waals surface area contributed by atoms with Crippen LogP contribution in [0.15, 0.2) is 30.3 Å². The maximum Gasteiger partial charge on any atom is 0.261 e. The Morgan fingerprint density at radius 3 is 2.48 bits per heavy atom. The lowest BCUT2D eigenvalue weighted by Gasteiger charge is -2.28. The Morgan fingerprint density at radius 2 is 1.76 bits per heavy atom. The molecule has 108 valence electrons. The minimum Gasteiger partial charge on any atom is -0.308 e. The highest BCUT2D eigenvalue weighted by atomic mass is 16.2. The number of aryl methyl sites for hydroxylation is 1. The van der Waals surface area contributed by atoms with Gasteiger partial charge in [0.05, 0.1) is 0 Å². The number of likely N-dealkylation sites (N-methyl/N-ethyl adjacent to an activating group) is 1. The molecule has 0 saturated heterocycles. The maximum absolute atomic E-state index is 12.7. The lowest BCUT2D eigenvalue weighted by molar-refractivity contribution is 0.0601. The van der Waals surface area contributed by atoms with Crippen LogP contribution < -0.4 is 0 Å². The van der Waals surface area contributed by atoms with Gasteiger partial charge in [-0.3, -0.25) is 14.5 Å². The van der Waals surface area contributed by atoms with E-state index in [1.165, 1.54) is 4.90 Å². The summed E-state index contributed by atoms with van der Waals surface area (Å²) >= 11 is 0. The molecule has 0 atom stereocenters. The third-order valence-corrected chi connectivity index (χ3v) is 3.84. The number of hydrogen-bond acceptors (Lipinski definition) is 3. The molecule has 0 N–H and O–H groups in total. The third-order valence-electron chi connectivity index (χ3n) is 3.84. The van der Waals surface area contributed by atoms with Crippen LogP contribution in [0.5, 0.6) is 0 Å². The zero-order valence-corrected chi connectivity index (χ0v) is 12.5. The quantitative estimate of drug-likeness (QED) is 0.811. The van der Waals surface area contributed by atoms with Crippen molar-refractivity contribution in [2.75, 3.05) is 27.2 Å². The van der Waals surface area contributed by atoms with Gasteiger partial charge in [-0.2, -0.15) is 0 Å². The third kappa shape index (κ3) is 2.21. The van der Waals surface area contributed by atoms with Crippen LogP contribution in [0, 0.1) is 6.92 Å². The van der Waals surface area contributed by atoms with Crippen molar-refractivity contribution in [1.29, 1.82) is 0 Å². The van der Waals surface area contributed by atoms with Gasteiger partial charge in [-0.25, -0.2) is 0 Å². The van der Waals surface area contributed by atoms with E-state index in [4.69, 9.17) is 0 Å². The van der Waals surface area contributed by atoms with E-state index in [2.05, 4.69) is 0 Å². The minimum atomic E-state index is -0.191. The first-order valence-electron chi connectivity index (χ1n) is 7.03. The highest BCUT2D eigenvalue weighted by Crippen LogP contribution is 2.30. The molecule has 1 heterocycles. The molecule has 1 aliphatic heterocycles. The van der Waals surface area contributed by atoms with Gasteiger partial charge in [-0.15, -0.1) is 0 Å². The van der Waals surface area contributed by atoms with Gasteiger partial charge < -0.3 is 4.90 Å². The number of rotatable bonds is 3. The topological polar surface area (TPSA) is 40.6 Å². The van der Waals surface area contributed by atoms with Gasteiger partial charge in [0.1, 0.15) is 0 Å². The van der Waals surface area contributed by atoms with Crippen molar-refractivity contribution in [3.8, 4) is 0 Å². The second-order valence-corrected chi connectivity index (χ2v) is 5.78. The minimum absolute atomic E-state index is 0.186. The van der Waals surface area contributed by atoms with Crippen molar-refractivity contribution >= 4 is 22.6 Å². The highest BCUT2D eigenvalue weighted by Gasteiger charge is 2.32. The van der Waals surface area contributed by atoms with Crippen molar-refractivity contribution in [2.45, 2.75) is 6.92 Å². The Morgan fingerprint density at radius 1 is 1.05 bits per heavy atom. The second kappa shape index (κ2) is 4.97. The van der Waals surface area contributed by atoms with Crippen LogP contribution in [0.1, 0.15) is 26.3 Å². The van der Waals surface area contributed by atoms with E-state index in [-0.39, 0.29) is 11.8 Å². The van der Waals surface area contributed by atoms with E-state index in [0.717, 1.165) is 16.3 Å². The maximum atomic E-state index is 12.7. The summed E-state index contributed by atoms with van der Waals surface area (Å²) < 4.78 is 0. The average molecular weight is 282 g/mol. The molecule has 2 amide bonds. The molecule has 1 aliphatic rings. The van der Waals surface area contributed by atoms with Crippen molar-refractivity contribution in [3.05, 3.63) is 47.0 Å². The number of hydrogen-bond donors (Lipinski definition) is 0. The predicted octanol–water partition coefficient (Wildman–Crippen LogP) is 2.31. The normalized spacial score (nSPS) is 14.4. The van der Waals surface area contributed by atoms with E-state index in [0.29, 0.717) is 24.2 Å². The molecule has 0 bridgehead atoms. The van der Waals surface area contributed by atoms with Crippen LogP contribution in [0.2, 0.25) is 0 Å². The fourth-order valence-electron chi connectivity index (χ4n) is 2.81. The largest absolute Gasteiger partial charge is 0.308 e. The molecule has 0 unspecified atom stereocenters. The lowest BCUT2D eigenvalue weighted by atomic mass is 9.92. The average Bonchev–Trinajstić information content (AvgIpc) is 2.43. The Labute approximate surface area is 124 Å². The summed E-state index contributed by atoms with van der Waals surface area (Å²) in [6.07, 6.45) is 0. The molecule has 2 aromatic carbocycles. The number of benzene rings is 2. The van der Waals surface area contributed by atoms with Crippen LogP contribution in [0.25, 0.3) is 10.8 Å². The summed E-state index contributed by atoms with van der Waals surface area (Å²) in [7, 11) is 3.86. The molecule has 4 nitrogen and oxygen atoms in total. The molecule has 21 heavy (non-hydrogen) atoms. The SMILES string of the molecule is Cc1cc2c3c(cccc3c1)C(=O)N(CCN(C)C)C2=O. The van der Waals surface area contributed by atoms with Crippen LogP contribution in [0.3, 0.4) is 0 Å². The van der Waals surface area contributed by atoms with Crippen LogP contribution in [-0.2, 0) is 0 Å². The van der Waals surface area contributed by atoms with E-state index in [1.807, 2.05) is 50.2 Å². The zero-order chi connectivity index (χ0) is 15.1. The van der Waals surface area contributed by atoms with Gasteiger partial charge in [0.25, 0.3) is 11.8 Å². The summed E-state index contributed by atoms with van der Waals surface area (Å²) in [5.74, 6) is -0.377. The van der Waals surface area contributed by atoms with Crippen molar-refractivity contribution in [3.63, 3.8) is 0 Å². The molecule has 0 aromatic heterocycles. The van der Waals surface area contributed by atoms with E-state index < -0.39 is 0 Å². The Balaban J connectivity index is 2.15. The van der Waals surface area contributed by atoms with Gasteiger partial charge >= 0.3 is 0 Å². The molecule has 0 aliphatic carbocycles. The van der Waals surface area contributed by atoms with Gasteiger partial charge in [0, 0.05) is 29.6 Å². The first-order chi connectivity index (χ1) is 9.99. The molecule has 3 rings (SSSR count). The van der Waals surface area contributed by atoms with Crippen molar-refractivity contribution in [1.82, 2.24) is 9.80 Å². The molecule has 0 fully saturated rings. The summed E-state index contributed by atoms with van der Waals surface area (Å²) in [4.78, 5) is 28.6. The zero-order valence-electron chi connectivity index (χ0n) is 12.5. The van der Waals surface area contributed by atoms with Crippen LogP contribution >= 0.6 is 0 Å². The molecule has 4 heteroatoms. The monoisotopic (exact) mass is 282 g/mol. The fourth-order valence-corrected chi connectivity index (χ4v) is 2.81. The Kier molecular flexibility index (Phi) is 3.26. The highest BCUT2D eigenvalue weighted by molar-refractivity contribution is 6.25. The standard InChI is InChI=1S/C17H18N2O2/c1-11-9-12-5-4-6-13-15(12)14(10-11)17(21)19(16(13)20)8-7-18(2)3/h4-6,9-10H,7-8H2,1-3H3. The number of imide groups is 1. The number of nitrogens with zero attached hydrogens (tertiary/aromatic N) is 2. The molecular weight excluding hydrogens is 264 g/mol. The van der Waals surface area contributed by atoms with Gasteiger partial charge in [0.2, 0.25) is 0 Å². The van der Waals surface area contributed by atoms with Crippen molar-refractivity contribution < 1.29 is 9.59 Å². The first-order valence-corrected chi connectivity index (χ1v) is 7.03. The summed E-state index contributed by atoms with van der Waals surface area (Å²) in [6.45, 7) is 3.04. The van der Waals surface area contributed by atoms with Crippen LogP contribution in [-0.4, -0.2) is 48.8 Å². The summed E-state index contributed by atoms with van der Waals surface area (Å²) in [6, 6.07) is 9.52. The predicted molar refractivity (Wildman–Crippen MR) is 82.6 cm³/mol. The van der Waals surface area contributed by atoms with Crippen LogP contribution in [0.4, 0.5) is 0 Å². The van der Waals surface area contributed by atoms with E-state index >= 15 is 0 Å². The summed E-state index contributed by atoms with van der Waals surface area (Å²) in [5.41, 5.74) is 2.30. The molecular formula is C17H18N2O2. The molecule has 2 aromatic rings. The smallest absolute Gasteiger partial charge is 0.261 e. The fraction of sp³-hybridized carbons (Fsp3) is 0.294. The first kappa shape index (κ1) is 13.8. The van der Waals surface area contributed by atoms with E-state index in [1.54, 1.807) is 6.07 Å². The molecule has 0 saturated carbocycles. The van der Waals surface area contributed by atoms with Crippen molar-refractivity contribution in [2.24, 2.45) is 0 Å². The Hall–Kier alpha value is -2.20. The lowest BCUT2D eigenvalue weighted by Crippen LogP contribution is -2.43. The number of amides is 2. The molecule has 0 spiro atoms.